The monoisotopic (exact) mass is 196 g/mol. The van der Waals surface area contributed by atoms with Crippen molar-refractivity contribution in [1.82, 2.24) is 10.2 Å². The van der Waals surface area contributed by atoms with Crippen molar-refractivity contribution in [2.75, 3.05) is 45.9 Å². The average molecular weight is 196 g/mol. The van der Waals surface area contributed by atoms with E-state index in [2.05, 4.69) is 16.3 Å². The van der Waals surface area contributed by atoms with Crippen molar-refractivity contribution in [2.45, 2.75) is 12.8 Å². The van der Waals surface area contributed by atoms with Gasteiger partial charge in [-0.15, -0.1) is 0 Å². The Morgan fingerprint density at radius 3 is 3.21 bits per heavy atom. The first-order valence-corrected chi connectivity index (χ1v) is 5.64. The molecule has 0 bridgehead atoms. The van der Waals surface area contributed by atoms with Gasteiger partial charge in [-0.25, -0.2) is 0 Å². The summed E-state index contributed by atoms with van der Waals surface area (Å²) in [5.41, 5.74) is 1.47. The van der Waals surface area contributed by atoms with Crippen LogP contribution in [0.4, 0.5) is 0 Å². The van der Waals surface area contributed by atoms with Crippen molar-refractivity contribution in [3.63, 3.8) is 0 Å². The predicted molar refractivity (Wildman–Crippen MR) is 57.4 cm³/mol. The molecule has 0 spiro atoms. The maximum absolute atomic E-state index is 5.44. The van der Waals surface area contributed by atoms with Crippen molar-refractivity contribution >= 4 is 0 Å². The predicted octanol–water partition coefficient (Wildman–Crippen LogP) is 0.628. The Morgan fingerprint density at radius 2 is 2.36 bits per heavy atom. The van der Waals surface area contributed by atoms with Crippen LogP contribution in [0.1, 0.15) is 12.8 Å². The minimum atomic E-state index is 0.851. The number of rotatable bonds is 2. The van der Waals surface area contributed by atoms with E-state index in [4.69, 9.17) is 4.74 Å². The number of ether oxygens (including phenoxy) is 1. The van der Waals surface area contributed by atoms with Crippen LogP contribution in [-0.2, 0) is 4.74 Å². The van der Waals surface area contributed by atoms with Gasteiger partial charge in [-0.05, 0) is 31.5 Å². The van der Waals surface area contributed by atoms with E-state index in [0.29, 0.717) is 0 Å². The van der Waals surface area contributed by atoms with Crippen LogP contribution in [0.2, 0.25) is 0 Å². The summed E-state index contributed by atoms with van der Waals surface area (Å²) >= 11 is 0. The first kappa shape index (κ1) is 10.1. The van der Waals surface area contributed by atoms with Gasteiger partial charge < -0.3 is 10.1 Å². The van der Waals surface area contributed by atoms with Gasteiger partial charge in [0, 0.05) is 19.6 Å². The normalized spacial score (nSPS) is 25.6. The second-order valence-electron chi connectivity index (χ2n) is 4.08. The highest BCUT2D eigenvalue weighted by molar-refractivity contribution is 5.07. The van der Waals surface area contributed by atoms with E-state index in [1.54, 1.807) is 0 Å². The molecule has 2 aliphatic rings. The molecule has 0 saturated carbocycles. The Hall–Kier alpha value is -0.380. The van der Waals surface area contributed by atoms with Crippen molar-refractivity contribution < 1.29 is 4.74 Å². The van der Waals surface area contributed by atoms with Crippen LogP contribution in [0.3, 0.4) is 0 Å². The Labute approximate surface area is 86.1 Å². The zero-order chi connectivity index (χ0) is 9.64. The van der Waals surface area contributed by atoms with Gasteiger partial charge in [0.2, 0.25) is 0 Å². The average Bonchev–Trinajstić information content (AvgIpc) is 2.48. The molecule has 0 amide bonds. The summed E-state index contributed by atoms with van der Waals surface area (Å²) in [6.07, 6.45) is 4.72. The minimum Gasteiger partial charge on any atom is -0.377 e. The van der Waals surface area contributed by atoms with Gasteiger partial charge in [-0.1, -0.05) is 6.08 Å². The minimum absolute atomic E-state index is 0.851. The summed E-state index contributed by atoms with van der Waals surface area (Å²) in [5.74, 6) is 0. The van der Waals surface area contributed by atoms with E-state index in [0.717, 1.165) is 32.7 Å². The fourth-order valence-electron chi connectivity index (χ4n) is 2.07. The van der Waals surface area contributed by atoms with Crippen LogP contribution in [0.5, 0.6) is 0 Å². The Morgan fingerprint density at radius 1 is 1.36 bits per heavy atom. The number of hydrogen-bond donors (Lipinski definition) is 1. The molecule has 0 aromatic heterocycles. The van der Waals surface area contributed by atoms with Crippen LogP contribution in [0, 0.1) is 0 Å². The van der Waals surface area contributed by atoms with Gasteiger partial charge in [-0.2, -0.15) is 0 Å². The molecular formula is C11H20N2O. The molecule has 3 heteroatoms. The van der Waals surface area contributed by atoms with E-state index in [1.165, 1.54) is 31.6 Å². The van der Waals surface area contributed by atoms with Gasteiger partial charge in [0.05, 0.1) is 13.2 Å². The van der Waals surface area contributed by atoms with E-state index in [9.17, 15) is 0 Å². The van der Waals surface area contributed by atoms with Crippen LogP contribution < -0.4 is 5.32 Å². The summed E-state index contributed by atoms with van der Waals surface area (Å²) < 4.78 is 5.44. The Balaban J connectivity index is 1.79. The van der Waals surface area contributed by atoms with Crippen molar-refractivity contribution in [3.05, 3.63) is 11.6 Å². The lowest BCUT2D eigenvalue weighted by molar-refractivity contribution is 0.142. The van der Waals surface area contributed by atoms with Crippen LogP contribution in [0.15, 0.2) is 11.6 Å². The molecule has 1 saturated heterocycles. The SMILES string of the molecule is C1=C(CN2CCCNCC2)COCC1. The molecule has 3 nitrogen and oxygen atoms in total. The molecule has 0 aliphatic carbocycles. The standard InChI is InChI=1S/C11H20N2O/c1-3-11(10-14-8-1)9-13-6-2-4-12-5-7-13/h3,12H,1-2,4-10H2. The molecule has 1 fully saturated rings. The fraction of sp³-hybridized carbons (Fsp3) is 0.818. The van der Waals surface area contributed by atoms with E-state index < -0.39 is 0 Å². The zero-order valence-corrected chi connectivity index (χ0v) is 8.80. The largest absolute Gasteiger partial charge is 0.377 e. The van der Waals surface area contributed by atoms with E-state index in [-0.39, 0.29) is 0 Å². The van der Waals surface area contributed by atoms with Gasteiger partial charge in [0.25, 0.3) is 0 Å². The lowest BCUT2D eigenvalue weighted by atomic mass is 10.2. The maximum atomic E-state index is 5.44. The molecule has 0 unspecified atom stereocenters. The second kappa shape index (κ2) is 5.49. The lowest BCUT2D eigenvalue weighted by Crippen LogP contribution is -2.31. The molecule has 0 aromatic carbocycles. The Bertz CT molecular complexity index is 195. The highest BCUT2D eigenvalue weighted by Crippen LogP contribution is 2.08. The number of nitrogens with zero attached hydrogens (tertiary/aromatic N) is 1. The van der Waals surface area contributed by atoms with E-state index in [1.807, 2.05) is 0 Å². The summed E-state index contributed by atoms with van der Waals surface area (Å²) in [6, 6.07) is 0. The van der Waals surface area contributed by atoms with Crippen LogP contribution in [-0.4, -0.2) is 50.8 Å². The summed E-state index contributed by atoms with van der Waals surface area (Å²) in [7, 11) is 0. The molecule has 80 valence electrons. The maximum Gasteiger partial charge on any atom is 0.0689 e. The molecule has 14 heavy (non-hydrogen) atoms. The topological polar surface area (TPSA) is 24.5 Å². The van der Waals surface area contributed by atoms with Crippen molar-refractivity contribution in [2.24, 2.45) is 0 Å². The van der Waals surface area contributed by atoms with Gasteiger partial charge >= 0.3 is 0 Å². The van der Waals surface area contributed by atoms with E-state index >= 15 is 0 Å². The van der Waals surface area contributed by atoms with Crippen LogP contribution in [0.25, 0.3) is 0 Å². The quantitative estimate of drug-likeness (QED) is 0.656. The lowest BCUT2D eigenvalue weighted by Gasteiger charge is -2.23. The van der Waals surface area contributed by atoms with Gasteiger partial charge in [0.15, 0.2) is 0 Å². The second-order valence-corrected chi connectivity index (χ2v) is 4.08. The Kier molecular flexibility index (Phi) is 3.98. The van der Waals surface area contributed by atoms with Gasteiger partial charge in [0.1, 0.15) is 0 Å². The molecular weight excluding hydrogens is 176 g/mol. The third-order valence-corrected chi connectivity index (χ3v) is 2.84. The zero-order valence-electron chi connectivity index (χ0n) is 8.80. The third-order valence-electron chi connectivity index (χ3n) is 2.84. The third kappa shape index (κ3) is 3.08. The number of nitrogens with one attached hydrogen (secondary N) is 1. The van der Waals surface area contributed by atoms with Crippen molar-refractivity contribution in [3.8, 4) is 0 Å². The molecule has 1 N–H and O–H groups in total. The molecule has 2 rings (SSSR count). The molecule has 0 atom stereocenters. The first-order chi connectivity index (χ1) is 6.95. The highest BCUT2D eigenvalue weighted by atomic mass is 16.5. The van der Waals surface area contributed by atoms with Crippen LogP contribution >= 0.6 is 0 Å². The van der Waals surface area contributed by atoms with Gasteiger partial charge in [-0.3, -0.25) is 4.90 Å². The summed E-state index contributed by atoms with van der Waals surface area (Å²) in [5, 5.41) is 3.42. The highest BCUT2D eigenvalue weighted by Gasteiger charge is 2.11. The molecule has 0 aromatic rings. The molecule has 2 aliphatic heterocycles. The fourth-order valence-corrected chi connectivity index (χ4v) is 2.07. The number of hydrogen-bond acceptors (Lipinski definition) is 3. The summed E-state index contributed by atoms with van der Waals surface area (Å²) in [6.45, 7) is 7.58. The smallest absolute Gasteiger partial charge is 0.0689 e. The van der Waals surface area contributed by atoms with Crippen molar-refractivity contribution in [1.29, 1.82) is 0 Å². The molecule has 2 heterocycles. The summed E-state index contributed by atoms with van der Waals surface area (Å²) in [4.78, 5) is 2.53. The first-order valence-electron chi connectivity index (χ1n) is 5.64. The molecule has 0 radical (unpaired) electrons.